The molecule has 2 aromatic heterocycles. The molecule has 0 radical (unpaired) electrons. The van der Waals surface area contributed by atoms with Crippen molar-refractivity contribution in [3.63, 3.8) is 0 Å². The first-order valence-corrected chi connectivity index (χ1v) is 5.15. The lowest BCUT2D eigenvalue weighted by molar-refractivity contribution is 0.364. The van der Waals surface area contributed by atoms with Crippen molar-refractivity contribution in [2.45, 2.75) is 26.9 Å². The summed E-state index contributed by atoms with van der Waals surface area (Å²) in [6.45, 7) is 5.20. The lowest BCUT2D eigenvalue weighted by Crippen LogP contribution is -2.13. The van der Waals surface area contributed by atoms with E-state index >= 15 is 0 Å². The third-order valence-electron chi connectivity index (χ3n) is 2.31. The number of nitrogens with one attached hydrogen (secondary N) is 1. The number of rotatable bonds is 4. The topological polar surface area (TPSA) is 63.8 Å². The van der Waals surface area contributed by atoms with Crippen LogP contribution in [0.1, 0.15) is 22.8 Å². The van der Waals surface area contributed by atoms with Gasteiger partial charge in [0.2, 0.25) is 5.89 Å². The second kappa shape index (κ2) is 4.85. The Bertz CT molecular complexity index is 467. The molecular weight excluding hydrogens is 204 g/mol. The molecule has 5 heteroatoms. The molecule has 84 valence electrons. The van der Waals surface area contributed by atoms with Crippen LogP contribution in [0.25, 0.3) is 0 Å². The van der Waals surface area contributed by atoms with Crippen LogP contribution in [0.3, 0.4) is 0 Å². The van der Waals surface area contributed by atoms with Crippen LogP contribution in [-0.2, 0) is 13.1 Å². The van der Waals surface area contributed by atoms with Crippen molar-refractivity contribution in [3.8, 4) is 0 Å². The monoisotopic (exact) mass is 218 g/mol. The van der Waals surface area contributed by atoms with Gasteiger partial charge in [0.25, 0.3) is 0 Å². The van der Waals surface area contributed by atoms with Gasteiger partial charge in [-0.2, -0.15) is 4.98 Å². The van der Waals surface area contributed by atoms with E-state index < -0.39 is 0 Å². The summed E-state index contributed by atoms with van der Waals surface area (Å²) in [4.78, 5) is 8.19. The summed E-state index contributed by atoms with van der Waals surface area (Å²) >= 11 is 0. The van der Waals surface area contributed by atoms with Crippen molar-refractivity contribution in [3.05, 3.63) is 41.3 Å². The number of nitrogens with zero attached hydrogens (tertiary/aromatic N) is 3. The Balaban J connectivity index is 1.87. The molecule has 16 heavy (non-hydrogen) atoms. The van der Waals surface area contributed by atoms with E-state index in [1.807, 2.05) is 12.3 Å². The first kappa shape index (κ1) is 10.8. The Kier molecular flexibility index (Phi) is 3.26. The summed E-state index contributed by atoms with van der Waals surface area (Å²) in [5.41, 5.74) is 2.41. The van der Waals surface area contributed by atoms with Gasteiger partial charge >= 0.3 is 0 Å². The molecule has 2 rings (SSSR count). The first-order chi connectivity index (χ1) is 7.75. The van der Waals surface area contributed by atoms with Gasteiger partial charge in [0.15, 0.2) is 5.82 Å². The zero-order chi connectivity index (χ0) is 11.4. The van der Waals surface area contributed by atoms with E-state index in [1.54, 1.807) is 13.1 Å². The molecule has 0 amide bonds. The highest BCUT2D eigenvalue weighted by atomic mass is 16.5. The maximum absolute atomic E-state index is 4.99. The summed E-state index contributed by atoms with van der Waals surface area (Å²) in [7, 11) is 0. The normalized spacial score (nSPS) is 10.6. The van der Waals surface area contributed by atoms with Gasteiger partial charge in [0.1, 0.15) is 0 Å². The third kappa shape index (κ3) is 2.64. The van der Waals surface area contributed by atoms with E-state index in [2.05, 4.69) is 27.4 Å². The zero-order valence-electron chi connectivity index (χ0n) is 9.40. The average Bonchev–Trinajstić information content (AvgIpc) is 2.67. The molecule has 0 unspecified atom stereocenters. The number of aromatic nitrogens is 3. The Morgan fingerprint density at radius 1 is 1.31 bits per heavy atom. The van der Waals surface area contributed by atoms with E-state index in [0.29, 0.717) is 18.3 Å². The fourth-order valence-electron chi connectivity index (χ4n) is 1.40. The predicted molar refractivity (Wildman–Crippen MR) is 58.6 cm³/mol. The molecule has 0 fully saturated rings. The van der Waals surface area contributed by atoms with Gasteiger partial charge in [-0.25, -0.2) is 0 Å². The number of aryl methyl sites for hydroxylation is 2. The summed E-state index contributed by atoms with van der Waals surface area (Å²) in [6.07, 6.45) is 3.65. The second-order valence-electron chi connectivity index (χ2n) is 3.64. The molecule has 0 spiro atoms. The largest absolute Gasteiger partial charge is 0.338 e. The molecule has 1 N–H and O–H groups in total. The predicted octanol–water partition coefficient (Wildman–Crippen LogP) is 1.37. The van der Waals surface area contributed by atoms with Gasteiger partial charge in [-0.15, -0.1) is 0 Å². The van der Waals surface area contributed by atoms with Crippen molar-refractivity contribution in [2.75, 3.05) is 0 Å². The Hall–Kier alpha value is -1.75. The van der Waals surface area contributed by atoms with Gasteiger partial charge in [-0.05, 0) is 31.0 Å². The second-order valence-corrected chi connectivity index (χ2v) is 3.64. The minimum absolute atomic E-state index is 0.579. The SMILES string of the molecule is Cc1noc(CNCc2cnccc2C)n1. The Morgan fingerprint density at radius 2 is 2.19 bits per heavy atom. The molecule has 0 aliphatic rings. The molecular formula is C11H14N4O. The van der Waals surface area contributed by atoms with Crippen LogP contribution in [0.4, 0.5) is 0 Å². The number of hydrogen-bond donors (Lipinski definition) is 1. The Labute approximate surface area is 93.9 Å². The molecule has 0 saturated carbocycles. The van der Waals surface area contributed by atoms with Crippen LogP contribution in [0.2, 0.25) is 0 Å². The summed E-state index contributed by atoms with van der Waals surface area (Å²) in [5.74, 6) is 1.27. The molecule has 0 atom stereocenters. The summed E-state index contributed by atoms with van der Waals surface area (Å²) in [5, 5.41) is 6.96. The van der Waals surface area contributed by atoms with Crippen LogP contribution in [0.15, 0.2) is 23.0 Å². The molecule has 0 aliphatic heterocycles. The summed E-state index contributed by atoms with van der Waals surface area (Å²) < 4.78 is 4.99. The Morgan fingerprint density at radius 3 is 2.88 bits per heavy atom. The van der Waals surface area contributed by atoms with Gasteiger partial charge < -0.3 is 9.84 Å². The highest BCUT2D eigenvalue weighted by Crippen LogP contribution is 2.04. The van der Waals surface area contributed by atoms with E-state index in [-0.39, 0.29) is 0 Å². The van der Waals surface area contributed by atoms with Crippen molar-refractivity contribution in [2.24, 2.45) is 0 Å². The first-order valence-electron chi connectivity index (χ1n) is 5.15. The molecule has 0 saturated heterocycles. The van der Waals surface area contributed by atoms with Crippen molar-refractivity contribution < 1.29 is 4.52 Å². The van der Waals surface area contributed by atoms with E-state index in [1.165, 1.54) is 11.1 Å². The maximum Gasteiger partial charge on any atom is 0.240 e. The molecule has 0 aliphatic carbocycles. The smallest absolute Gasteiger partial charge is 0.240 e. The lowest BCUT2D eigenvalue weighted by atomic mass is 10.1. The molecule has 0 aromatic carbocycles. The van der Waals surface area contributed by atoms with Gasteiger partial charge in [-0.1, -0.05) is 5.16 Å². The fraction of sp³-hybridized carbons (Fsp3) is 0.364. The molecule has 2 aromatic rings. The summed E-state index contributed by atoms with van der Waals surface area (Å²) in [6, 6.07) is 1.99. The third-order valence-corrected chi connectivity index (χ3v) is 2.31. The zero-order valence-corrected chi connectivity index (χ0v) is 9.40. The minimum Gasteiger partial charge on any atom is -0.338 e. The van der Waals surface area contributed by atoms with E-state index in [0.717, 1.165) is 6.54 Å². The maximum atomic E-state index is 4.99. The molecule has 2 heterocycles. The van der Waals surface area contributed by atoms with Crippen molar-refractivity contribution in [1.82, 2.24) is 20.4 Å². The van der Waals surface area contributed by atoms with Gasteiger partial charge in [0, 0.05) is 18.9 Å². The van der Waals surface area contributed by atoms with Crippen LogP contribution in [-0.4, -0.2) is 15.1 Å². The average molecular weight is 218 g/mol. The standard InChI is InChI=1S/C11H14N4O/c1-8-3-4-12-5-10(8)6-13-7-11-14-9(2)15-16-11/h3-5,13H,6-7H2,1-2H3. The minimum atomic E-state index is 0.579. The van der Waals surface area contributed by atoms with Gasteiger partial charge in [-0.3, -0.25) is 4.98 Å². The highest BCUT2D eigenvalue weighted by Gasteiger charge is 2.02. The van der Waals surface area contributed by atoms with E-state index in [9.17, 15) is 0 Å². The van der Waals surface area contributed by atoms with Crippen LogP contribution in [0, 0.1) is 13.8 Å². The highest BCUT2D eigenvalue weighted by molar-refractivity contribution is 5.20. The van der Waals surface area contributed by atoms with Crippen molar-refractivity contribution in [1.29, 1.82) is 0 Å². The number of pyridine rings is 1. The molecule has 0 bridgehead atoms. The van der Waals surface area contributed by atoms with Crippen LogP contribution < -0.4 is 5.32 Å². The fourth-order valence-corrected chi connectivity index (χ4v) is 1.40. The lowest BCUT2D eigenvalue weighted by Gasteiger charge is -2.04. The van der Waals surface area contributed by atoms with Gasteiger partial charge in [0.05, 0.1) is 6.54 Å². The van der Waals surface area contributed by atoms with E-state index in [4.69, 9.17) is 4.52 Å². The van der Waals surface area contributed by atoms with Crippen LogP contribution in [0.5, 0.6) is 0 Å². The van der Waals surface area contributed by atoms with Crippen molar-refractivity contribution >= 4 is 0 Å². The van der Waals surface area contributed by atoms with Crippen LogP contribution >= 0.6 is 0 Å². The number of hydrogen-bond acceptors (Lipinski definition) is 5. The quantitative estimate of drug-likeness (QED) is 0.839. The molecule has 5 nitrogen and oxygen atoms in total.